The molecule has 0 saturated carbocycles. The minimum absolute atomic E-state index is 0.0388. The molecule has 7 heteroatoms. The van der Waals surface area contributed by atoms with Gasteiger partial charge in [-0.2, -0.15) is 0 Å². The average Bonchev–Trinajstić information content (AvgIpc) is 2.43. The van der Waals surface area contributed by atoms with E-state index in [9.17, 15) is 14.7 Å². The van der Waals surface area contributed by atoms with Gasteiger partial charge in [0.05, 0.1) is 16.3 Å². The van der Waals surface area contributed by atoms with E-state index in [4.69, 9.17) is 16.7 Å². The molecule has 0 heterocycles. The van der Waals surface area contributed by atoms with Crippen molar-refractivity contribution in [3.8, 4) is 5.75 Å². The van der Waals surface area contributed by atoms with Gasteiger partial charge in [-0.25, -0.2) is 4.79 Å². The van der Waals surface area contributed by atoms with Crippen LogP contribution in [-0.2, 0) is 0 Å². The summed E-state index contributed by atoms with van der Waals surface area (Å²) >= 11 is 8.91. The molecule has 0 aliphatic rings. The predicted octanol–water partition coefficient (Wildman–Crippen LogP) is 3.76. The number of nitrogens with one attached hydrogen (secondary N) is 1. The molecule has 0 bridgehead atoms. The van der Waals surface area contributed by atoms with E-state index >= 15 is 0 Å². The van der Waals surface area contributed by atoms with Crippen LogP contribution in [0.2, 0.25) is 5.02 Å². The molecule has 0 unspecified atom stereocenters. The van der Waals surface area contributed by atoms with Crippen molar-refractivity contribution < 1.29 is 19.8 Å². The number of carboxylic acids is 1. The number of anilines is 1. The Morgan fingerprint density at radius 3 is 2.48 bits per heavy atom. The van der Waals surface area contributed by atoms with Crippen molar-refractivity contribution in [3.05, 3.63) is 57.0 Å². The lowest BCUT2D eigenvalue weighted by atomic mass is 10.1. The Balaban J connectivity index is 2.31. The number of aromatic carboxylic acids is 1. The Morgan fingerprint density at radius 1 is 1.14 bits per heavy atom. The van der Waals surface area contributed by atoms with Crippen molar-refractivity contribution in [2.45, 2.75) is 0 Å². The lowest BCUT2D eigenvalue weighted by Gasteiger charge is -2.09. The monoisotopic (exact) mass is 369 g/mol. The van der Waals surface area contributed by atoms with Crippen LogP contribution in [0.25, 0.3) is 0 Å². The minimum atomic E-state index is -1.16. The Morgan fingerprint density at radius 2 is 1.86 bits per heavy atom. The molecule has 5 nitrogen and oxygen atoms in total. The highest BCUT2D eigenvalue weighted by Crippen LogP contribution is 2.25. The van der Waals surface area contributed by atoms with E-state index in [1.807, 2.05) is 0 Å². The first-order chi connectivity index (χ1) is 9.88. The molecule has 21 heavy (non-hydrogen) atoms. The van der Waals surface area contributed by atoms with Gasteiger partial charge >= 0.3 is 5.97 Å². The summed E-state index contributed by atoms with van der Waals surface area (Å²) in [6.07, 6.45) is 0. The third-order valence-corrected chi connectivity index (χ3v) is 3.47. The molecule has 0 aromatic heterocycles. The number of hydrogen-bond donors (Lipinski definition) is 3. The molecule has 0 aliphatic heterocycles. The third-order valence-electron chi connectivity index (χ3n) is 2.67. The van der Waals surface area contributed by atoms with Crippen LogP contribution in [0, 0.1) is 0 Å². The minimum Gasteiger partial charge on any atom is -0.506 e. The van der Waals surface area contributed by atoms with Gasteiger partial charge in [-0.15, -0.1) is 0 Å². The SMILES string of the molecule is O=C(Nc1ccc(Br)cc1C(=O)O)c1ccc(O)c(Cl)c1. The summed E-state index contributed by atoms with van der Waals surface area (Å²) in [5, 5.41) is 21.0. The highest BCUT2D eigenvalue weighted by atomic mass is 79.9. The summed E-state index contributed by atoms with van der Waals surface area (Å²) in [6.45, 7) is 0. The zero-order valence-electron chi connectivity index (χ0n) is 10.4. The first-order valence-electron chi connectivity index (χ1n) is 5.71. The lowest BCUT2D eigenvalue weighted by molar-refractivity contribution is 0.0698. The first-order valence-corrected chi connectivity index (χ1v) is 6.88. The number of phenols is 1. The number of hydrogen-bond acceptors (Lipinski definition) is 3. The van der Waals surface area contributed by atoms with Crippen LogP contribution in [0.3, 0.4) is 0 Å². The fraction of sp³-hybridized carbons (Fsp3) is 0. The number of amides is 1. The number of rotatable bonds is 3. The van der Waals surface area contributed by atoms with Gasteiger partial charge in [0, 0.05) is 10.0 Å². The van der Waals surface area contributed by atoms with Crippen molar-refractivity contribution in [2.75, 3.05) is 5.32 Å². The van der Waals surface area contributed by atoms with Crippen LogP contribution in [-0.4, -0.2) is 22.1 Å². The van der Waals surface area contributed by atoms with Crippen molar-refractivity contribution in [1.82, 2.24) is 0 Å². The van der Waals surface area contributed by atoms with Gasteiger partial charge in [0.1, 0.15) is 5.75 Å². The number of carboxylic acid groups (broad SMARTS) is 1. The van der Waals surface area contributed by atoms with Gasteiger partial charge in [-0.3, -0.25) is 4.79 Å². The van der Waals surface area contributed by atoms with E-state index in [1.54, 1.807) is 6.07 Å². The van der Waals surface area contributed by atoms with Crippen LogP contribution in [0.4, 0.5) is 5.69 Å². The Bertz CT molecular complexity index is 733. The van der Waals surface area contributed by atoms with Gasteiger partial charge in [-0.1, -0.05) is 27.5 Å². The van der Waals surface area contributed by atoms with Gasteiger partial charge in [0.2, 0.25) is 0 Å². The quantitative estimate of drug-likeness (QED) is 0.768. The van der Waals surface area contributed by atoms with E-state index in [0.29, 0.717) is 4.47 Å². The molecule has 0 atom stereocenters. The highest BCUT2D eigenvalue weighted by Gasteiger charge is 2.15. The van der Waals surface area contributed by atoms with Crippen LogP contribution in [0.5, 0.6) is 5.75 Å². The predicted molar refractivity (Wildman–Crippen MR) is 82.2 cm³/mol. The molecule has 1 amide bonds. The second-order valence-corrected chi connectivity index (χ2v) is 5.44. The second kappa shape index (κ2) is 6.15. The van der Waals surface area contributed by atoms with Crippen LogP contribution in [0.1, 0.15) is 20.7 Å². The first kappa shape index (κ1) is 15.3. The summed E-state index contributed by atoms with van der Waals surface area (Å²) in [6, 6.07) is 8.46. The van der Waals surface area contributed by atoms with Crippen LogP contribution >= 0.6 is 27.5 Å². The maximum absolute atomic E-state index is 12.1. The molecular formula is C14H9BrClNO4. The van der Waals surface area contributed by atoms with Crippen LogP contribution < -0.4 is 5.32 Å². The van der Waals surface area contributed by atoms with Gasteiger partial charge in [-0.05, 0) is 36.4 Å². The zero-order valence-corrected chi connectivity index (χ0v) is 12.8. The van der Waals surface area contributed by atoms with Crippen molar-refractivity contribution >= 4 is 45.1 Å². The number of phenolic OH excluding ortho intramolecular Hbond substituents is 1. The molecule has 2 rings (SSSR count). The average molecular weight is 371 g/mol. The molecule has 2 aromatic rings. The summed E-state index contributed by atoms with van der Waals surface area (Å²) < 4.78 is 0.588. The number of carbonyl (C=O) groups excluding carboxylic acids is 1. The molecule has 108 valence electrons. The normalized spacial score (nSPS) is 10.2. The topological polar surface area (TPSA) is 86.6 Å². The van der Waals surface area contributed by atoms with E-state index in [1.165, 1.54) is 30.3 Å². The molecule has 0 radical (unpaired) electrons. The molecular weight excluding hydrogens is 362 g/mol. The molecule has 0 spiro atoms. The molecule has 0 saturated heterocycles. The van der Waals surface area contributed by atoms with E-state index in [-0.39, 0.29) is 27.6 Å². The van der Waals surface area contributed by atoms with Crippen molar-refractivity contribution in [3.63, 3.8) is 0 Å². The highest BCUT2D eigenvalue weighted by molar-refractivity contribution is 9.10. The Kier molecular flexibility index (Phi) is 4.50. The summed E-state index contributed by atoms with van der Waals surface area (Å²) in [5.41, 5.74) is 0.333. The van der Waals surface area contributed by atoms with Gasteiger partial charge < -0.3 is 15.5 Å². The second-order valence-electron chi connectivity index (χ2n) is 4.12. The maximum Gasteiger partial charge on any atom is 0.337 e. The van der Waals surface area contributed by atoms with E-state index in [2.05, 4.69) is 21.2 Å². The summed E-state index contributed by atoms with van der Waals surface area (Å²) in [4.78, 5) is 23.2. The smallest absolute Gasteiger partial charge is 0.337 e. The maximum atomic E-state index is 12.1. The number of carbonyl (C=O) groups is 2. The van der Waals surface area contributed by atoms with E-state index in [0.717, 1.165) is 0 Å². The molecule has 2 aromatic carbocycles. The standard InChI is InChI=1S/C14H9BrClNO4/c15-8-2-3-11(9(6-8)14(20)21)17-13(19)7-1-4-12(18)10(16)5-7/h1-6,18H,(H,17,19)(H,20,21). The fourth-order valence-electron chi connectivity index (χ4n) is 1.65. The fourth-order valence-corrected chi connectivity index (χ4v) is 2.19. The Hall–Kier alpha value is -2.05. The van der Waals surface area contributed by atoms with Crippen molar-refractivity contribution in [1.29, 1.82) is 0 Å². The van der Waals surface area contributed by atoms with Gasteiger partial charge in [0.25, 0.3) is 5.91 Å². The summed E-state index contributed by atoms with van der Waals surface area (Å²) in [5.74, 6) is -1.82. The molecule has 0 aliphatic carbocycles. The van der Waals surface area contributed by atoms with Crippen LogP contribution in [0.15, 0.2) is 40.9 Å². The largest absolute Gasteiger partial charge is 0.506 e. The third kappa shape index (κ3) is 3.53. The molecule has 0 fully saturated rings. The van der Waals surface area contributed by atoms with Gasteiger partial charge in [0.15, 0.2) is 0 Å². The lowest BCUT2D eigenvalue weighted by Crippen LogP contribution is -2.14. The Labute approximate surface area is 133 Å². The van der Waals surface area contributed by atoms with E-state index < -0.39 is 11.9 Å². The summed E-state index contributed by atoms with van der Waals surface area (Å²) in [7, 11) is 0. The number of halogens is 2. The number of aromatic hydroxyl groups is 1. The number of benzene rings is 2. The van der Waals surface area contributed by atoms with Crippen molar-refractivity contribution in [2.24, 2.45) is 0 Å². The zero-order chi connectivity index (χ0) is 15.6. The molecule has 3 N–H and O–H groups in total.